The standard InChI is InChI=1S/C14H18BrNO/c1-10-5-6-13(15)12(9-10)14(17)16-8-7-11-3-2-4-11/h5-6,9,11H,2-4,7-8H2,1H3,(H,16,17). The van der Waals surface area contributed by atoms with Gasteiger partial charge in [0, 0.05) is 11.0 Å². The Bertz CT molecular complexity index is 413. The predicted octanol–water partition coefficient (Wildman–Crippen LogP) is 3.68. The number of nitrogens with one attached hydrogen (secondary N) is 1. The van der Waals surface area contributed by atoms with Gasteiger partial charge in [-0.25, -0.2) is 0 Å². The lowest BCUT2D eigenvalue weighted by Crippen LogP contribution is -2.27. The van der Waals surface area contributed by atoms with Crippen LogP contribution in [0.15, 0.2) is 22.7 Å². The SMILES string of the molecule is Cc1ccc(Br)c(C(=O)NCCC2CCC2)c1. The van der Waals surface area contributed by atoms with Crippen molar-refractivity contribution in [1.82, 2.24) is 5.32 Å². The molecular formula is C14H18BrNO. The van der Waals surface area contributed by atoms with Crippen LogP contribution in [0, 0.1) is 12.8 Å². The monoisotopic (exact) mass is 295 g/mol. The largest absolute Gasteiger partial charge is 0.352 e. The van der Waals surface area contributed by atoms with E-state index in [0.717, 1.165) is 34.5 Å². The zero-order valence-electron chi connectivity index (χ0n) is 10.1. The Morgan fingerprint density at radius 3 is 2.88 bits per heavy atom. The second kappa shape index (κ2) is 5.67. The molecule has 0 aliphatic heterocycles. The number of aryl methyl sites for hydroxylation is 1. The van der Waals surface area contributed by atoms with E-state index in [-0.39, 0.29) is 5.91 Å². The topological polar surface area (TPSA) is 29.1 Å². The highest BCUT2D eigenvalue weighted by Gasteiger charge is 2.17. The smallest absolute Gasteiger partial charge is 0.252 e. The van der Waals surface area contributed by atoms with Gasteiger partial charge < -0.3 is 5.32 Å². The third kappa shape index (κ3) is 3.32. The van der Waals surface area contributed by atoms with Crippen LogP contribution in [-0.2, 0) is 0 Å². The molecule has 0 saturated heterocycles. The zero-order chi connectivity index (χ0) is 12.3. The first-order chi connectivity index (χ1) is 8.16. The fraction of sp³-hybridized carbons (Fsp3) is 0.500. The summed E-state index contributed by atoms with van der Waals surface area (Å²) in [5.41, 5.74) is 1.84. The molecule has 2 nitrogen and oxygen atoms in total. The molecular weight excluding hydrogens is 278 g/mol. The minimum absolute atomic E-state index is 0.0277. The van der Waals surface area contributed by atoms with Crippen molar-refractivity contribution < 1.29 is 4.79 Å². The van der Waals surface area contributed by atoms with E-state index in [9.17, 15) is 4.79 Å². The molecule has 0 aromatic heterocycles. The predicted molar refractivity (Wildman–Crippen MR) is 73.2 cm³/mol. The summed E-state index contributed by atoms with van der Waals surface area (Å²) in [5.74, 6) is 0.871. The Morgan fingerprint density at radius 1 is 1.47 bits per heavy atom. The molecule has 0 spiro atoms. The molecule has 0 bridgehead atoms. The normalized spacial score (nSPS) is 15.4. The summed E-state index contributed by atoms with van der Waals surface area (Å²) < 4.78 is 0.865. The number of rotatable bonds is 4. The van der Waals surface area contributed by atoms with E-state index in [4.69, 9.17) is 0 Å². The lowest BCUT2D eigenvalue weighted by molar-refractivity contribution is 0.0948. The van der Waals surface area contributed by atoms with Gasteiger partial charge in [-0.1, -0.05) is 30.9 Å². The molecule has 0 unspecified atom stereocenters. The molecule has 1 N–H and O–H groups in total. The van der Waals surface area contributed by atoms with E-state index < -0.39 is 0 Å². The van der Waals surface area contributed by atoms with Crippen molar-refractivity contribution in [3.63, 3.8) is 0 Å². The van der Waals surface area contributed by atoms with Crippen molar-refractivity contribution in [1.29, 1.82) is 0 Å². The minimum atomic E-state index is 0.0277. The number of amides is 1. The average Bonchev–Trinajstić information content (AvgIpc) is 2.25. The molecule has 1 aliphatic carbocycles. The highest BCUT2D eigenvalue weighted by Crippen LogP contribution is 2.28. The number of carbonyl (C=O) groups is 1. The second-order valence-corrected chi connectivity index (χ2v) is 5.68. The van der Waals surface area contributed by atoms with E-state index >= 15 is 0 Å². The van der Waals surface area contributed by atoms with E-state index in [1.807, 2.05) is 25.1 Å². The first kappa shape index (κ1) is 12.6. The molecule has 3 heteroatoms. The van der Waals surface area contributed by atoms with Crippen molar-refractivity contribution in [3.8, 4) is 0 Å². The van der Waals surface area contributed by atoms with Crippen LogP contribution < -0.4 is 5.32 Å². The molecule has 1 aromatic carbocycles. The van der Waals surface area contributed by atoms with Crippen LogP contribution in [0.1, 0.15) is 41.6 Å². The number of carbonyl (C=O) groups excluding carboxylic acids is 1. The second-order valence-electron chi connectivity index (χ2n) is 4.82. The van der Waals surface area contributed by atoms with Crippen molar-refractivity contribution >= 4 is 21.8 Å². The highest BCUT2D eigenvalue weighted by atomic mass is 79.9. The Kier molecular flexibility index (Phi) is 4.21. The summed E-state index contributed by atoms with van der Waals surface area (Å²) in [5, 5.41) is 3.00. The fourth-order valence-corrected chi connectivity index (χ4v) is 2.51. The van der Waals surface area contributed by atoms with Gasteiger partial charge in [0.15, 0.2) is 0 Å². The number of benzene rings is 1. The van der Waals surface area contributed by atoms with Crippen LogP contribution >= 0.6 is 15.9 Å². The molecule has 1 aromatic rings. The molecule has 1 saturated carbocycles. The zero-order valence-corrected chi connectivity index (χ0v) is 11.7. The minimum Gasteiger partial charge on any atom is -0.352 e. The van der Waals surface area contributed by atoms with Crippen molar-refractivity contribution in [2.24, 2.45) is 5.92 Å². The van der Waals surface area contributed by atoms with Crippen LogP contribution in [0.3, 0.4) is 0 Å². The summed E-state index contributed by atoms with van der Waals surface area (Å²) in [7, 11) is 0. The van der Waals surface area contributed by atoms with Crippen molar-refractivity contribution in [2.45, 2.75) is 32.6 Å². The number of halogens is 1. The van der Waals surface area contributed by atoms with Crippen LogP contribution in [0.4, 0.5) is 0 Å². The number of hydrogen-bond acceptors (Lipinski definition) is 1. The highest BCUT2D eigenvalue weighted by molar-refractivity contribution is 9.10. The maximum absolute atomic E-state index is 12.0. The lowest BCUT2D eigenvalue weighted by atomic mass is 9.83. The maximum atomic E-state index is 12.0. The van der Waals surface area contributed by atoms with Gasteiger partial charge in [0.2, 0.25) is 0 Å². The molecule has 1 aliphatic rings. The third-order valence-corrected chi connectivity index (χ3v) is 4.12. The van der Waals surface area contributed by atoms with Gasteiger partial charge >= 0.3 is 0 Å². The summed E-state index contributed by atoms with van der Waals surface area (Å²) >= 11 is 3.42. The van der Waals surface area contributed by atoms with Gasteiger partial charge in [-0.15, -0.1) is 0 Å². The van der Waals surface area contributed by atoms with Gasteiger partial charge in [0.25, 0.3) is 5.91 Å². The van der Waals surface area contributed by atoms with Crippen molar-refractivity contribution in [2.75, 3.05) is 6.54 Å². The maximum Gasteiger partial charge on any atom is 0.252 e. The van der Waals surface area contributed by atoms with Gasteiger partial charge in [0.1, 0.15) is 0 Å². The molecule has 92 valence electrons. The Balaban J connectivity index is 1.87. The molecule has 1 fully saturated rings. The lowest BCUT2D eigenvalue weighted by Gasteiger charge is -2.25. The summed E-state index contributed by atoms with van der Waals surface area (Å²) in [4.78, 5) is 12.0. The van der Waals surface area contributed by atoms with E-state index in [2.05, 4.69) is 21.2 Å². The van der Waals surface area contributed by atoms with Gasteiger partial charge in [-0.05, 0) is 47.3 Å². The number of hydrogen-bond donors (Lipinski definition) is 1. The summed E-state index contributed by atoms with van der Waals surface area (Å²) in [6.45, 7) is 2.79. The first-order valence-electron chi connectivity index (χ1n) is 6.21. The third-order valence-electron chi connectivity index (χ3n) is 3.43. The van der Waals surface area contributed by atoms with Crippen molar-refractivity contribution in [3.05, 3.63) is 33.8 Å². The summed E-state index contributed by atoms with van der Waals surface area (Å²) in [6.07, 6.45) is 5.16. The Labute approximate surface area is 111 Å². The van der Waals surface area contributed by atoms with Gasteiger partial charge in [-0.3, -0.25) is 4.79 Å². The van der Waals surface area contributed by atoms with Gasteiger partial charge in [-0.2, -0.15) is 0 Å². The molecule has 0 heterocycles. The quantitative estimate of drug-likeness (QED) is 0.902. The first-order valence-corrected chi connectivity index (χ1v) is 7.00. The van der Waals surface area contributed by atoms with E-state index in [1.165, 1.54) is 19.3 Å². The molecule has 17 heavy (non-hydrogen) atoms. The molecule has 1 amide bonds. The van der Waals surface area contributed by atoms with Crippen LogP contribution in [0.2, 0.25) is 0 Å². The van der Waals surface area contributed by atoms with Crippen LogP contribution in [-0.4, -0.2) is 12.5 Å². The Morgan fingerprint density at radius 2 is 2.24 bits per heavy atom. The summed E-state index contributed by atoms with van der Waals surface area (Å²) in [6, 6.07) is 5.84. The molecule has 0 radical (unpaired) electrons. The van der Waals surface area contributed by atoms with Gasteiger partial charge in [0.05, 0.1) is 5.56 Å². The van der Waals surface area contributed by atoms with E-state index in [1.54, 1.807) is 0 Å². The fourth-order valence-electron chi connectivity index (χ4n) is 2.08. The molecule has 0 atom stereocenters. The Hall–Kier alpha value is -0.830. The molecule has 2 rings (SSSR count). The van der Waals surface area contributed by atoms with Crippen LogP contribution in [0.25, 0.3) is 0 Å². The van der Waals surface area contributed by atoms with E-state index in [0.29, 0.717) is 0 Å². The van der Waals surface area contributed by atoms with Crippen LogP contribution in [0.5, 0.6) is 0 Å². The average molecular weight is 296 g/mol.